The largest absolute Gasteiger partial charge is 0.370 e. The van der Waals surface area contributed by atoms with Crippen LogP contribution in [0.1, 0.15) is 42.4 Å². The number of hydrogen-bond acceptors (Lipinski definition) is 6. The molecule has 1 aliphatic heterocycles. The van der Waals surface area contributed by atoms with E-state index in [9.17, 15) is 0 Å². The minimum absolute atomic E-state index is 0.0399. The van der Waals surface area contributed by atoms with Crippen molar-refractivity contribution < 1.29 is 9.26 Å². The Morgan fingerprint density at radius 1 is 1.56 bits per heavy atom. The maximum absolute atomic E-state index is 6.01. The van der Waals surface area contributed by atoms with Gasteiger partial charge in [0.05, 0.1) is 12.4 Å². The van der Waals surface area contributed by atoms with Gasteiger partial charge < -0.3 is 20.0 Å². The van der Waals surface area contributed by atoms with Crippen molar-refractivity contribution in [3.05, 3.63) is 29.9 Å². The maximum Gasteiger partial charge on any atom is 0.244 e. The highest BCUT2D eigenvalue weighted by Crippen LogP contribution is 2.27. The summed E-state index contributed by atoms with van der Waals surface area (Å²) >= 11 is 0. The van der Waals surface area contributed by atoms with Crippen LogP contribution in [0.25, 0.3) is 0 Å². The lowest BCUT2D eigenvalue weighted by Crippen LogP contribution is -2.14. The minimum atomic E-state index is -0.326. The lowest BCUT2D eigenvalue weighted by molar-refractivity contribution is 0.103. The highest BCUT2D eigenvalue weighted by Gasteiger charge is 2.24. The highest BCUT2D eigenvalue weighted by atomic mass is 16.5. The van der Waals surface area contributed by atoms with Crippen molar-refractivity contribution in [2.75, 3.05) is 6.61 Å². The standard InChI is InChI=1S/C11H15N5O2/c12-8(4-7-5-13-6-14-7)11-15-10(16-18-11)9-2-1-3-17-9/h5-6,8-9H,1-4,12H2,(H,13,14)/t8-,9?/m0/s1. The van der Waals surface area contributed by atoms with Gasteiger partial charge in [-0.05, 0) is 12.8 Å². The van der Waals surface area contributed by atoms with Crippen LogP contribution in [0, 0.1) is 0 Å². The SMILES string of the molecule is N[C@@H](Cc1cnc[nH]1)c1nc(C2CCCO2)no1. The van der Waals surface area contributed by atoms with Crippen molar-refractivity contribution in [3.8, 4) is 0 Å². The Morgan fingerprint density at radius 2 is 2.50 bits per heavy atom. The molecule has 3 N–H and O–H groups in total. The van der Waals surface area contributed by atoms with Gasteiger partial charge in [0.25, 0.3) is 0 Å². The van der Waals surface area contributed by atoms with Gasteiger partial charge in [-0.3, -0.25) is 0 Å². The molecule has 0 bridgehead atoms. The molecule has 0 radical (unpaired) electrons. The van der Waals surface area contributed by atoms with E-state index in [4.69, 9.17) is 15.0 Å². The number of rotatable bonds is 4. The monoisotopic (exact) mass is 249 g/mol. The molecule has 1 unspecified atom stereocenters. The van der Waals surface area contributed by atoms with Crippen molar-refractivity contribution in [1.82, 2.24) is 20.1 Å². The number of H-pyrrole nitrogens is 1. The molecule has 2 aromatic rings. The summed E-state index contributed by atoms with van der Waals surface area (Å²) in [6, 6.07) is -0.326. The van der Waals surface area contributed by atoms with Gasteiger partial charge in [0.15, 0.2) is 0 Å². The molecule has 2 aromatic heterocycles. The normalized spacial score (nSPS) is 21.3. The zero-order valence-electron chi connectivity index (χ0n) is 9.87. The lowest BCUT2D eigenvalue weighted by Gasteiger charge is -2.04. The average molecular weight is 249 g/mol. The molecule has 0 spiro atoms. The molecule has 7 nitrogen and oxygen atoms in total. The van der Waals surface area contributed by atoms with Crippen LogP contribution in [0.2, 0.25) is 0 Å². The molecule has 1 fully saturated rings. The first-order chi connectivity index (χ1) is 8.83. The zero-order chi connectivity index (χ0) is 12.4. The number of aromatic amines is 1. The van der Waals surface area contributed by atoms with Crippen LogP contribution in [-0.2, 0) is 11.2 Å². The third-order valence-corrected chi connectivity index (χ3v) is 2.99. The zero-order valence-corrected chi connectivity index (χ0v) is 9.87. The van der Waals surface area contributed by atoms with E-state index in [1.807, 2.05) is 0 Å². The number of hydrogen-bond donors (Lipinski definition) is 2. The number of nitrogens with zero attached hydrogens (tertiary/aromatic N) is 3. The van der Waals surface area contributed by atoms with E-state index in [1.54, 1.807) is 12.5 Å². The first-order valence-corrected chi connectivity index (χ1v) is 6.01. The smallest absolute Gasteiger partial charge is 0.244 e. The molecule has 0 amide bonds. The molecule has 3 heterocycles. The molecule has 2 atom stereocenters. The summed E-state index contributed by atoms with van der Waals surface area (Å²) in [4.78, 5) is 11.2. The molecular weight excluding hydrogens is 234 g/mol. The second kappa shape index (κ2) is 4.87. The van der Waals surface area contributed by atoms with Crippen LogP contribution in [0.4, 0.5) is 0 Å². The van der Waals surface area contributed by atoms with Crippen molar-refractivity contribution in [2.24, 2.45) is 5.73 Å². The first kappa shape index (κ1) is 11.4. The number of ether oxygens (including phenoxy) is 1. The van der Waals surface area contributed by atoms with E-state index in [1.165, 1.54) is 0 Å². The molecule has 7 heteroatoms. The van der Waals surface area contributed by atoms with Gasteiger partial charge in [-0.15, -0.1) is 0 Å². The summed E-state index contributed by atoms with van der Waals surface area (Å²) in [7, 11) is 0. The van der Waals surface area contributed by atoms with Crippen LogP contribution >= 0.6 is 0 Å². The van der Waals surface area contributed by atoms with Crippen LogP contribution in [0.15, 0.2) is 17.0 Å². The van der Waals surface area contributed by atoms with Gasteiger partial charge in [-0.1, -0.05) is 5.16 Å². The van der Waals surface area contributed by atoms with Gasteiger partial charge in [-0.25, -0.2) is 4.98 Å². The number of nitrogens with two attached hydrogens (primary N) is 1. The highest BCUT2D eigenvalue weighted by molar-refractivity contribution is 5.03. The summed E-state index contributed by atoms with van der Waals surface area (Å²) in [6.07, 6.45) is 5.88. The van der Waals surface area contributed by atoms with Crippen LogP contribution < -0.4 is 5.73 Å². The van der Waals surface area contributed by atoms with E-state index in [2.05, 4.69) is 20.1 Å². The van der Waals surface area contributed by atoms with Gasteiger partial charge in [-0.2, -0.15) is 4.98 Å². The van der Waals surface area contributed by atoms with E-state index in [0.29, 0.717) is 18.1 Å². The lowest BCUT2D eigenvalue weighted by atomic mass is 10.2. The van der Waals surface area contributed by atoms with E-state index in [-0.39, 0.29) is 12.1 Å². The fourth-order valence-corrected chi connectivity index (χ4v) is 2.03. The topological polar surface area (TPSA) is 103 Å². The van der Waals surface area contributed by atoms with Crippen LogP contribution in [0.5, 0.6) is 0 Å². The van der Waals surface area contributed by atoms with E-state index >= 15 is 0 Å². The maximum atomic E-state index is 6.01. The Morgan fingerprint density at radius 3 is 3.22 bits per heavy atom. The first-order valence-electron chi connectivity index (χ1n) is 6.01. The van der Waals surface area contributed by atoms with E-state index < -0.39 is 0 Å². The third kappa shape index (κ3) is 2.27. The number of imidazole rings is 1. The molecule has 0 aliphatic carbocycles. The molecule has 18 heavy (non-hydrogen) atoms. The second-order valence-corrected chi connectivity index (χ2v) is 4.38. The van der Waals surface area contributed by atoms with Gasteiger partial charge >= 0.3 is 0 Å². The molecule has 3 rings (SSSR count). The molecule has 96 valence electrons. The second-order valence-electron chi connectivity index (χ2n) is 4.38. The number of aromatic nitrogens is 4. The number of nitrogens with one attached hydrogen (secondary N) is 1. The fraction of sp³-hybridized carbons (Fsp3) is 0.545. The Kier molecular flexibility index (Phi) is 3.07. The minimum Gasteiger partial charge on any atom is -0.370 e. The van der Waals surface area contributed by atoms with Crippen LogP contribution in [0.3, 0.4) is 0 Å². The quantitative estimate of drug-likeness (QED) is 0.834. The molecular formula is C11H15N5O2. The van der Waals surface area contributed by atoms with Crippen molar-refractivity contribution in [1.29, 1.82) is 0 Å². The Hall–Kier alpha value is -1.73. The summed E-state index contributed by atoms with van der Waals surface area (Å²) in [5.74, 6) is 1.04. The van der Waals surface area contributed by atoms with Crippen LogP contribution in [-0.4, -0.2) is 26.7 Å². The van der Waals surface area contributed by atoms with Gasteiger partial charge in [0.1, 0.15) is 6.10 Å². The van der Waals surface area contributed by atoms with E-state index in [0.717, 1.165) is 25.1 Å². The molecule has 0 saturated carbocycles. The fourth-order valence-electron chi connectivity index (χ4n) is 2.03. The summed E-state index contributed by atoms with van der Waals surface area (Å²) in [5.41, 5.74) is 6.96. The Labute approximate surface area is 104 Å². The van der Waals surface area contributed by atoms with Crippen molar-refractivity contribution in [2.45, 2.75) is 31.4 Å². The average Bonchev–Trinajstić information content (AvgIpc) is 3.11. The molecule has 0 aromatic carbocycles. The summed E-state index contributed by atoms with van der Waals surface area (Å²) < 4.78 is 10.7. The van der Waals surface area contributed by atoms with Gasteiger partial charge in [0, 0.05) is 24.9 Å². The summed E-state index contributed by atoms with van der Waals surface area (Å²) in [5, 5.41) is 3.93. The predicted molar refractivity (Wildman–Crippen MR) is 61.4 cm³/mol. The van der Waals surface area contributed by atoms with Gasteiger partial charge in [0.2, 0.25) is 11.7 Å². The summed E-state index contributed by atoms with van der Waals surface area (Å²) in [6.45, 7) is 0.759. The van der Waals surface area contributed by atoms with Crippen molar-refractivity contribution in [3.63, 3.8) is 0 Å². The molecule has 1 aliphatic rings. The predicted octanol–water partition coefficient (Wildman–Crippen LogP) is 0.887. The Bertz CT molecular complexity index is 489. The third-order valence-electron chi connectivity index (χ3n) is 2.99. The Balaban J connectivity index is 1.68. The molecule has 1 saturated heterocycles. The van der Waals surface area contributed by atoms with Crippen molar-refractivity contribution >= 4 is 0 Å².